The molecule has 0 aliphatic carbocycles. The van der Waals surface area contributed by atoms with Gasteiger partial charge in [-0.15, -0.1) is 0 Å². The quantitative estimate of drug-likeness (QED) is 0.830. The molecular weight excluding hydrogens is 328 g/mol. The average molecular weight is 354 g/mol. The second-order valence-electron chi connectivity index (χ2n) is 6.36. The largest absolute Gasteiger partial charge is 0.491 e. The number of rotatable bonds is 4. The zero-order chi connectivity index (χ0) is 17.9. The Morgan fingerprint density at radius 1 is 1.17 bits per heavy atom. The van der Waals surface area contributed by atoms with Crippen LogP contribution in [0.1, 0.15) is 32.8 Å². The summed E-state index contributed by atoms with van der Waals surface area (Å²) in [6, 6.07) is 4.95. The third-order valence-corrected chi connectivity index (χ3v) is 5.94. The fourth-order valence-corrected chi connectivity index (χ4v) is 4.32. The maximum atomic E-state index is 12.9. The molecule has 0 bridgehead atoms. The van der Waals surface area contributed by atoms with Crippen molar-refractivity contribution in [1.82, 2.24) is 9.21 Å². The first kappa shape index (κ1) is 18.7. The Labute approximate surface area is 144 Å². The summed E-state index contributed by atoms with van der Waals surface area (Å²) < 4.78 is 32.9. The maximum Gasteiger partial charge on any atom is 0.243 e. The van der Waals surface area contributed by atoms with Gasteiger partial charge in [-0.05, 0) is 51.0 Å². The van der Waals surface area contributed by atoms with Gasteiger partial charge in [0.05, 0.1) is 11.0 Å². The molecule has 2 rings (SSSR count). The Morgan fingerprint density at radius 3 is 2.46 bits per heavy atom. The van der Waals surface area contributed by atoms with Crippen LogP contribution in [0.3, 0.4) is 0 Å². The monoisotopic (exact) mass is 354 g/mol. The molecule has 1 aliphatic heterocycles. The number of carbonyl (C=O) groups is 1. The summed E-state index contributed by atoms with van der Waals surface area (Å²) in [6.07, 6.45) is 0.682. The molecule has 0 aromatic heterocycles. The van der Waals surface area contributed by atoms with E-state index in [0.717, 1.165) is 5.56 Å². The molecule has 1 aromatic rings. The highest BCUT2D eigenvalue weighted by Gasteiger charge is 2.28. The molecule has 0 unspecified atom stereocenters. The standard InChI is InChI=1S/C17H26N2O4S/c1-13(2)23-17-7-6-16(12-14(17)3)24(21,22)19-9-5-8-18(10-11-19)15(4)20/h6-7,12-13H,5,8-11H2,1-4H3. The second-order valence-corrected chi connectivity index (χ2v) is 8.30. The lowest BCUT2D eigenvalue weighted by molar-refractivity contribution is -0.128. The number of ether oxygens (including phenoxy) is 1. The molecule has 1 heterocycles. The molecule has 7 heteroatoms. The Bertz CT molecular complexity index is 701. The molecular formula is C17H26N2O4S. The average Bonchev–Trinajstić information content (AvgIpc) is 2.75. The molecule has 134 valence electrons. The summed E-state index contributed by atoms with van der Waals surface area (Å²) in [6.45, 7) is 9.01. The Balaban J connectivity index is 2.21. The van der Waals surface area contributed by atoms with Gasteiger partial charge in [0.1, 0.15) is 5.75 Å². The fraction of sp³-hybridized carbons (Fsp3) is 0.588. The van der Waals surface area contributed by atoms with Crippen molar-refractivity contribution in [2.45, 2.75) is 45.1 Å². The van der Waals surface area contributed by atoms with Crippen molar-refractivity contribution in [3.05, 3.63) is 23.8 Å². The number of hydrogen-bond acceptors (Lipinski definition) is 4. The van der Waals surface area contributed by atoms with Crippen molar-refractivity contribution in [1.29, 1.82) is 0 Å². The lowest BCUT2D eigenvalue weighted by Gasteiger charge is -2.21. The van der Waals surface area contributed by atoms with Gasteiger partial charge in [0, 0.05) is 33.1 Å². The molecule has 1 aliphatic rings. The van der Waals surface area contributed by atoms with Gasteiger partial charge < -0.3 is 9.64 Å². The van der Waals surface area contributed by atoms with Crippen LogP contribution in [-0.2, 0) is 14.8 Å². The smallest absolute Gasteiger partial charge is 0.243 e. The van der Waals surface area contributed by atoms with Crippen LogP contribution >= 0.6 is 0 Å². The number of sulfonamides is 1. The van der Waals surface area contributed by atoms with Crippen LogP contribution in [0.2, 0.25) is 0 Å². The van der Waals surface area contributed by atoms with Gasteiger partial charge in [0.25, 0.3) is 0 Å². The topological polar surface area (TPSA) is 66.9 Å². The van der Waals surface area contributed by atoms with E-state index in [-0.39, 0.29) is 16.9 Å². The molecule has 1 saturated heterocycles. The minimum atomic E-state index is -3.56. The first-order valence-corrected chi connectivity index (χ1v) is 9.69. The summed E-state index contributed by atoms with van der Waals surface area (Å²) in [5.74, 6) is 0.683. The van der Waals surface area contributed by atoms with Crippen LogP contribution in [0, 0.1) is 6.92 Å². The van der Waals surface area contributed by atoms with Crippen molar-refractivity contribution >= 4 is 15.9 Å². The first-order valence-electron chi connectivity index (χ1n) is 8.25. The SMILES string of the molecule is CC(=O)N1CCCN(S(=O)(=O)c2ccc(OC(C)C)c(C)c2)CC1. The Hall–Kier alpha value is -1.60. The third-order valence-electron chi connectivity index (χ3n) is 4.05. The van der Waals surface area contributed by atoms with Gasteiger partial charge in [-0.2, -0.15) is 4.31 Å². The van der Waals surface area contributed by atoms with Crippen LogP contribution in [0.4, 0.5) is 0 Å². The van der Waals surface area contributed by atoms with Gasteiger partial charge in [0.2, 0.25) is 15.9 Å². The predicted molar refractivity (Wildman–Crippen MR) is 92.6 cm³/mol. The van der Waals surface area contributed by atoms with E-state index in [1.165, 1.54) is 11.2 Å². The predicted octanol–water partition coefficient (Wildman–Crippen LogP) is 2.03. The zero-order valence-corrected chi connectivity index (χ0v) is 15.6. The lowest BCUT2D eigenvalue weighted by Crippen LogP contribution is -2.36. The minimum Gasteiger partial charge on any atom is -0.491 e. The second kappa shape index (κ2) is 7.53. The summed E-state index contributed by atoms with van der Waals surface area (Å²) >= 11 is 0. The van der Waals surface area contributed by atoms with Gasteiger partial charge in [-0.3, -0.25) is 4.79 Å². The molecule has 0 spiro atoms. The molecule has 1 aromatic carbocycles. The number of amides is 1. The number of carbonyl (C=O) groups excluding carboxylic acids is 1. The van der Waals surface area contributed by atoms with Gasteiger partial charge in [-0.25, -0.2) is 8.42 Å². The van der Waals surface area contributed by atoms with E-state index in [2.05, 4.69) is 0 Å². The molecule has 0 atom stereocenters. The molecule has 0 radical (unpaired) electrons. The van der Waals surface area contributed by atoms with Crippen molar-refractivity contribution < 1.29 is 17.9 Å². The van der Waals surface area contributed by atoms with Crippen molar-refractivity contribution in [2.75, 3.05) is 26.2 Å². The maximum absolute atomic E-state index is 12.9. The van der Waals surface area contributed by atoms with Gasteiger partial charge in [0.15, 0.2) is 0 Å². The molecule has 0 N–H and O–H groups in total. The fourth-order valence-electron chi connectivity index (χ4n) is 2.77. The third kappa shape index (κ3) is 4.27. The highest BCUT2D eigenvalue weighted by molar-refractivity contribution is 7.89. The van der Waals surface area contributed by atoms with Gasteiger partial charge >= 0.3 is 0 Å². The zero-order valence-electron chi connectivity index (χ0n) is 14.8. The molecule has 24 heavy (non-hydrogen) atoms. The summed E-state index contributed by atoms with van der Waals surface area (Å²) in [7, 11) is -3.56. The van der Waals surface area contributed by atoms with E-state index < -0.39 is 10.0 Å². The van der Waals surface area contributed by atoms with Crippen LogP contribution in [0.15, 0.2) is 23.1 Å². The summed E-state index contributed by atoms with van der Waals surface area (Å²) in [5.41, 5.74) is 0.796. The summed E-state index contributed by atoms with van der Waals surface area (Å²) in [5, 5.41) is 0. The van der Waals surface area contributed by atoms with E-state index >= 15 is 0 Å². The highest BCUT2D eigenvalue weighted by atomic mass is 32.2. The van der Waals surface area contributed by atoms with E-state index in [4.69, 9.17) is 4.74 Å². The first-order chi connectivity index (χ1) is 11.2. The van der Waals surface area contributed by atoms with Crippen LogP contribution in [0.25, 0.3) is 0 Å². The molecule has 6 nitrogen and oxygen atoms in total. The van der Waals surface area contributed by atoms with Crippen molar-refractivity contribution in [2.24, 2.45) is 0 Å². The number of nitrogens with zero attached hydrogens (tertiary/aromatic N) is 2. The van der Waals surface area contributed by atoms with Crippen LogP contribution in [-0.4, -0.2) is 55.8 Å². The van der Waals surface area contributed by atoms with Crippen LogP contribution < -0.4 is 4.74 Å². The van der Waals surface area contributed by atoms with Gasteiger partial charge in [-0.1, -0.05) is 0 Å². The normalized spacial score (nSPS) is 17.0. The molecule has 0 saturated carbocycles. The van der Waals surface area contributed by atoms with Crippen molar-refractivity contribution in [3.63, 3.8) is 0 Å². The minimum absolute atomic E-state index is 0.0136. The summed E-state index contributed by atoms with van der Waals surface area (Å²) in [4.78, 5) is 13.5. The van der Waals surface area contributed by atoms with Crippen molar-refractivity contribution in [3.8, 4) is 5.75 Å². The number of benzene rings is 1. The van der Waals surface area contributed by atoms with E-state index in [9.17, 15) is 13.2 Å². The lowest BCUT2D eigenvalue weighted by atomic mass is 10.2. The van der Waals surface area contributed by atoms with E-state index in [0.29, 0.717) is 38.3 Å². The highest BCUT2D eigenvalue weighted by Crippen LogP contribution is 2.25. The Kier molecular flexibility index (Phi) is 5.87. The molecule has 1 fully saturated rings. The van der Waals surface area contributed by atoms with E-state index in [1.807, 2.05) is 20.8 Å². The number of aryl methyl sites for hydroxylation is 1. The van der Waals surface area contributed by atoms with E-state index in [1.54, 1.807) is 23.1 Å². The molecule has 1 amide bonds. The van der Waals surface area contributed by atoms with Crippen LogP contribution in [0.5, 0.6) is 5.75 Å². The number of hydrogen-bond donors (Lipinski definition) is 0. The Morgan fingerprint density at radius 2 is 1.88 bits per heavy atom.